The van der Waals surface area contributed by atoms with Crippen LogP contribution in [0, 0.1) is 0 Å². The van der Waals surface area contributed by atoms with Crippen LogP contribution in [0.2, 0.25) is 0 Å². The van der Waals surface area contributed by atoms with Gasteiger partial charge >= 0.3 is 0 Å². The highest BCUT2D eigenvalue weighted by molar-refractivity contribution is 7.85. The van der Waals surface area contributed by atoms with Crippen LogP contribution < -0.4 is 5.73 Å². The molecule has 0 aliphatic heterocycles. The summed E-state index contributed by atoms with van der Waals surface area (Å²) in [6.07, 6.45) is -0.608. The molecule has 0 spiro atoms. The van der Waals surface area contributed by atoms with Crippen molar-refractivity contribution in [3.05, 3.63) is 0 Å². The van der Waals surface area contributed by atoms with Gasteiger partial charge in [0.15, 0.2) is 0 Å². The van der Waals surface area contributed by atoms with Crippen LogP contribution in [0.3, 0.4) is 0 Å². The molecule has 0 heterocycles. The number of aliphatic hydroxyl groups is 1. The quantitative estimate of drug-likeness (QED) is 0.588. The minimum Gasteiger partial charge on any atom is -0.391 e. The Balaban J connectivity index is 3.57. The molecule has 0 aliphatic rings. The third-order valence-electron chi connectivity index (χ3n) is 1.15. The first-order chi connectivity index (χ1) is 4.57. The molecule has 0 bridgehead atoms. The van der Waals surface area contributed by atoms with Crippen molar-refractivity contribution >= 4 is 10.8 Å². The molecule has 0 saturated carbocycles. The Morgan fingerprint density at radius 2 is 2.10 bits per heavy atom. The van der Waals surface area contributed by atoms with Crippen molar-refractivity contribution in [2.75, 3.05) is 12.3 Å². The van der Waals surface area contributed by atoms with Gasteiger partial charge in [-0.1, -0.05) is 13.8 Å². The summed E-state index contributed by atoms with van der Waals surface area (Å²) < 4.78 is 11.0. The first-order valence-electron chi connectivity index (χ1n) is 3.33. The molecular weight excluding hydrogens is 150 g/mol. The van der Waals surface area contributed by atoms with Gasteiger partial charge in [0.05, 0.1) is 11.9 Å². The first kappa shape index (κ1) is 10.1. The first-order valence-corrected chi connectivity index (χ1v) is 4.71. The summed E-state index contributed by atoms with van der Waals surface area (Å²) in [7, 11) is -0.932. The maximum atomic E-state index is 11.0. The van der Waals surface area contributed by atoms with E-state index in [1.165, 1.54) is 0 Å². The van der Waals surface area contributed by atoms with E-state index in [0.717, 1.165) is 0 Å². The van der Waals surface area contributed by atoms with Crippen LogP contribution >= 0.6 is 0 Å². The van der Waals surface area contributed by atoms with E-state index in [1.807, 2.05) is 13.8 Å². The SMILES string of the molecule is CC(C)S(=O)CC(O)CN. The maximum Gasteiger partial charge on any atom is 0.0777 e. The van der Waals surface area contributed by atoms with E-state index in [1.54, 1.807) is 0 Å². The molecule has 3 nitrogen and oxygen atoms in total. The molecule has 2 atom stereocenters. The van der Waals surface area contributed by atoms with Gasteiger partial charge in [0.1, 0.15) is 0 Å². The third-order valence-corrected chi connectivity index (χ3v) is 2.92. The van der Waals surface area contributed by atoms with Crippen LogP contribution in [-0.2, 0) is 10.8 Å². The van der Waals surface area contributed by atoms with Crippen LogP contribution in [0.1, 0.15) is 13.8 Å². The highest BCUT2D eigenvalue weighted by atomic mass is 32.2. The van der Waals surface area contributed by atoms with Gasteiger partial charge in [0.2, 0.25) is 0 Å². The van der Waals surface area contributed by atoms with Crippen LogP contribution in [0.4, 0.5) is 0 Å². The van der Waals surface area contributed by atoms with Crippen LogP contribution in [-0.4, -0.2) is 33.0 Å². The number of nitrogens with two attached hydrogens (primary N) is 1. The van der Waals surface area contributed by atoms with Crippen molar-refractivity contribution < 1.29 is 9.32 Å². The molecule has 2 unspecified atom stereocenters. The summed E-state index contributed by atoms with van der Waals surface area (Å²) in [6, 6.07) is 0. The van der Waals surface area contributed by atoms with E-state index in [0.29, 0.717) is 5.75 Å². The zero-order valence-corrected chi connectivity index (χ0v) is 7.23. The fraction of sp³-hybridized carbons (Fsp3) is 1.00. The Morgan fingerprint density at radius 1 is 1.60 bits per heavy atom. The van der Waals surface area contributed by atoms with Gasteiger partial charge in [-0.25, -0.2) is 0 Å². The molecule has 0 saturated heterocycles. The molecule has 0 rings (SSSR count). The largest absolute Gasteiger partial charge is 0.391 e. The summed E-state index contributed by atoms with van der Waals surface area (Å²) in [5, 5.41) is 9.07. The van der Waals surface area contributed by atoms with Gasteiger partial charge in [-0.2, -0.15) is 0 Å². The lowest BCUT2D eigenvalue weighted by Crippen LogP contribution is -2.28. The van der Waals surface area contributed by atoms with Crippen molar-refractivity contribution in [3.8, 4) is 0 Å². The summed E-state index contributed by atoms with van der Waals surface area (Å²) in [4.78, 5) is 0. The molecule has 0 radical (unpaired) electrons. The second kappa shape index (κ2) is 4.82. The van der Waals surface area contributed by atoms with Crippen molar-refractivity contribution in [2.24, 2.45) is 5.73 Å². The second-order valence-corrected chi connectivity index (χ2v) is 4.52. The zero-order valence-electron chi connectivity index (χ0n) is 6.41. The fourth-order valence-corrected chi connectivity index (χ4v) is 1.35. The summed E-state index contributed by atoms with van der Waals surface area (Å²) >= 11 is 0. The predicted molar refractivity (Wildman–Crippen MR) is 43.2 cm³/mol. The van der Waals surface area contributed by atoms with Gasteiger partial charge in [0.25, 0.3) is 0 Å². The third kappa shape index (κ3) is 3.98. The molecule has 0 aliphatic carbocycles. The van der Waals surface area contributed by atoms with E-state index in [4.69, 9.17) is 10.8 Å². The summed E-state index contributed by atoms with van der Waals surface area (Å²) in [5.41, 5.74) is 5.14. The molecule has 0 amide bonds. The average Bonchev–Trinajstić information content (AvgIpc) is 1.87. The Morgan fingerprint density at radius 3 is 2.40 bits per heavy atom. The lowest BCUT2D eigenvalue weighted by Gasteiger charge is -2.08. The molecule has 0 aromatic heterocycles. The highest BCUT2D eigenvalue weighted by Crippen LogP contribution is 1.95. The second-order valence-electron chi connectivity index (χ2n) is 2.49. The normalized spacial score (nSPS) is 17.3. The lowest BCUT2D eigenvalue weighted by molar-refractivity contribution is 0.207. The standard InChI is InChI=1S/C6H15NO2S/c1-5(2)10(9)4-6(8)3-7/h5-6,8H,3-4,7H2,1-2H3. The minimum absolute atomic E-state index is 0.112. The molecule has 0 fully saturated rings. The summed E-state index contributed by atoms with van der Waals surface area (Å²) in [6.45, 7) is 3.91. The molecule has 4 heteroatoms. The molecule has 3 N–H and O–H groups in total. The molecule has 0 aromatic rings. The van der Waals surface area contributed by atoms with E-state index in [-0.39, 0.29) is 11.8 Å². The van der Waals surface area contributed by atoms with Gasteiger partial charge in [0, 0.05) is 22.6 Å². The van der Waals surface area contributed by atoms with Gasteiger partial charge in [-0.3, -0.25) is 4.21 Å². The Kier molecular flexibility index (Phi) is 4.85. The molecule has 62 valence electrons. The molecular formula is C6H15NO2S. The van der Waals surface area contributed by atoms with Gasteiger partial charge in [-0.15, -0.1) is 0 Å². The van der Waals surface area contributed by atoms with Crippen LogP contribution in [0.5, 0.6) is 0 Å². The highest BCUT2D eigenvalue weighted by Gasteiger charge is 2.09. The van der Waals surface area contributed by atoms with Crippen molar-refractivity contribution in [1.29, 1.82) is 0 Å². The van der Waals surface area contributed by atoms with Gasteiger partial charge in [-0.05, 0) is 0 Å². The Bertz CT molecular complexity index is 116. The smallest absolute Gasteiger partial charge is 0.0777 e. The number of hydrogen-bond donors (Lipinski definition) is 2. The molecule has 0 aromatic carbocycles. The number of rotatable bonds is 4. The van der Waals surface area contributed by atoms with Crippen molar-refractivity contribution in [3.63, 3.8) is 0 Å². The van der Waals surface area contributed by atoms with E-state index in [9.17, 15) is 4.21 Å². The van der Waals surface area contributed by atoms with Crippen LogP contribution in [0.15, 0.2) is 0 Å². The topological polar surface area (TPSA) is 63.3 Å². The molecule has 10 heavy (non-hydrogen) atoms. The lowest BCUT2D eigenvalue weighted by atomic mass is 10.4. The number of hydrogen-bond acceptors (Lipinski definition) is 3. The van der Waals surface area contributed by atoms with Gasteiger partial charge < -0.3 is 10.8 Å². The fourth-order valence-electron chi connectivity index (χ4n) is 0.450. The summed E-state index contributed by atoms with van der Waals surface area (Å²) in [5.74, 6) is 0.300. The zero-order chi connectivity index (χ0) is 8.15. The maximum absolute atomic E-state index is 11.0. The predicted octanol–water partition coefficient (Wildman–Crippen LogP) is -0.537. The Labute approximate surface area is 64.1 Å². The van der Waals surface area contributed by atoms with Crippen molar-refractivity contribution in [2.45, 2.75) is 25.2 Å². The van der Waals surface area contributed by atoms with Crippen molar-refractivity contribution in [1.82, 2.24) is 0 Å². The average molecular weight is 165 g/mol. The van der Waals surface area contributed by atoms with E-state index in [2.05, 4.69) is 0 Å². The minimum atomic E-state index is -0.932. The monoisotopic (exact) mass is 165 g/mol. The number of aliphatic hydroxyl groups excluding tert-OH is 1. The van der Waals surface area contributed by atoms with Crippen LogP contribution in [0.25, 0.3) is 0 Å². The van der Waals surface area contributed by atoms with E-state index >= 15 is 0 Å². The Hall–Kier alpha value is 0.0700. The van der Waals surface area contributed by atoms with E-state index < -0.39 is 16.9 Å².